The van der Waals surface area contributed by atoms with Crippen molar-refractivity contribution in [3.63, 3.8) is 0 Å². The monoisotopic (exact) mass is 372 g/mol. The van der Waals surface area contributed by atoms with Crippen molar-refractivity contribution in [1.82, 2.24) is 9.78 Å². The van der Waals surface area contributed by atoms with Crippen LogP contribution in [-0.4, -0.2) is 35.3 Å². The largest absolute Gasteiger partial charge is 0.493 e. The third kappa shape index (κ3) is 3.74. The Morgan fingerprint density at radius 3 is 2.74 bits per heavy atom. The minimum absolute atomic E-state index is 0.0751. The molecular weight excluding hydrogens is 348 g/mol. The molecule has 3 rings (SSSR count). The average molecular weight is 372 g/mol. The van der Waals surface area contributed by atoms with Crippen molar-refractivity contribution in [1.29, 1.82) is 0 Å². The minimum atomic E-state index is -0.576. The minimum Gasteiger partial charge on any atom is -0.493 e. The highest BCUT2D eigenvalue weighted by atomic mass is 16.5. The summed E-state index contributed by atoms with van der Waals surface area (Å²) in [5.41, 5.74) is 6.72. The molecule has 1 atom stereocenters. The molecule has 0 aliphatic carbocycles. The zero-order chi connectivity index (χ0) is 19.8. The average Bonchev–Trinajstić information content (AvgIpc) is 3.02. The number of primary amides is 1. The van der Waals surface area contributed by atoms with Gasteiger partial charge in [-0.15, -0.1) is 0 Å². The number of methoxy groups -OCH3 is 1. The lowest BCUT2D eigenvalue weighted by Gasteiger charge is -2.28. The van der Waals surface area contributed by atoms with E-state index in [1.54, 1.807) is 18.3 Å². The Kier molecular flexibility index (Phi) is 4.82. The lowest BCUT2D eigenvalue weighted by molar-refractivity contribution is -0.120. The lowest BCUT2D eigenvalue weighted by atomic mass is 9.87. The molecule has 8 heteroatoms. The van der Waals surface area contributed by atoms with Gasteiger partial charge in [-0.3, -0.25) is 9.59 Å². The van der Waals surface area contributed by atoms with Crippen molar-refractivity contribution in [3.8, 4) is 11.5 Å². The number of carbonyl (C=O) groups excluding carboxylic acids is 2. The van der Waals surface area contributed by atoms with E-state index in [1.165, 1.54) is 7.11 Å². The highest BCUT2D eigenvalue weighted by molar-refractivity contribution is 5.94. The van der Waals surface area contributed by atoms with Crippen LogP contribution in [0.1, 0.15) is 44.2 Å². The summed E-state index contributed by atoms with van der Waals surface area (Å²) in [6.07, 6.45) is 2.09. The predicted octanol–water partition coefficient (Wildman–Crippen LogP) is 1.98. The molecule has 144 valence electrons. The van der Waals surface area contributed by atoms with E-state index in [1.807, 2.05) is 31.5 Å². The summed E-state index contributed by atoms with van der Waals surface area (Å²) in [6, 6.07) is 5.42. The number of amides is 2. The number of aromatic nitrogens is 2. The lowest BCUT2D eigenvalue weighted by Crippen LogP contribution is -2.30. The first-order chi connectivity index (χ1) is 12.7. The smallest absolute Gasteiger partial charge is 0.255 e. The third-order valence-corrected chi connectivity index (χ3v) is 4.42. The summed E-state index contributed by atoms with van der Waals surface area (Å²) in [5, 5.41) is 7.42. The van der Waals surface area contributed by atoms with E-state index in [0.29, 0.717) is 23.7 Å². The summed E-state index contributed by atoms with van der Waals surface area (Å²) in [4.78, 5) is 23.4. The predicted molar refractivity (Wildman–Crippen MR) is 100.0 cm³/mol. The quantitative estimate of drug-likeness (QED) is 0.834. The van der Waals surface area contributed by atoms with E-state index in [0.717, 1.165) is 11.1 Å². The standard InChI is InChI=1S/C19H24N4O4/c1-19(2,3)23-18-13(9-21-23)12(8-17(25)22-18)11-5-6-14(26-4)15(7-11)27-10-16(20)24/h5-7,9,12H,8,10H2,1-4H3,(H2,20,24)(H,22,25). The fraction of sp³-hybridized carbons (Fsp3) is 0.421. The van der Waals surface area contributed by atoms with Gasteiger partial charge >= 0.3 is 0 Å². The molecule has 0 saturated heterocycles. The van der Waals surface area contributed by atoms with E-state index in [-0.39, 0.29) is 24.0 Å². The van der Waals surface area contributed by atoms with Gasteiger partial charge in [0.2, 0.25) is 5.91 Å². The van der Waals surface area contributed by atoms with E-state index in [2.05, 4.69) is 10.4 Å². The molecule has 0 spiro atoms. The molecule has 1 aromatic heterocycles. The van der Waals surface area contributed by atoms with Crippen LogP contribution in [-0.2, 0) is 15.1 Å². The molecular formula is C19H24N4O4. The molecule has 27 heavy (non-hydrogen) atoms. The highest BCUT2D eigenvalue weighted by Crippen LogP contribution is 2.41. The Hall–Kier alpha value is -3.03. The molecule has 8 nitrogen and oxygen atoms in total. The van der Waals surface area contributed by atoms with Crippen LogP contribution < -0.4 is 20.5 Å². The van der Waals surface area contributed by atoms with Gasteiger partial charge in [0.1, 0.15) is 5.82 Å². The zero-order valence-electron chi connectivity index (χ0n) is 15.9. The van der Waals surface area contributed by atoms with E-state index in [4.69, 9.17) is 15.2 Å². The first kappa shape index (κ1) is 18.8. The number of nitrogens with zero attached hydrogens (tertiary/aromatic N) is 2. The fourth-order valence-corrected chi connectivity index (χ4v) is 3.20. The van der Waals surface area contributed by atoms with Gasteiger partial charge in [0.15, 0.2) is 18.1 Å². The van der Waals surface area contributed by atoms with Gasteiger partial charge in [-0.2, -0.15) is 5.10 Å². The second-order valence-corrected chi connectivity index (χ2v) is 7.50. The number of hydrogen-bond donors (Lipinski definition) is 2. The SMILES string of the molecule is COc1ccc(C2CC(=O)Nc3c2cnn3C(C)(C)C)cc1OCC(N)=O. The molecule has 2 heterocycles. The molecule has 3 N–H and O–H groups in total. The van der Waals surface area contributed by atoms with Crippen molar-refractivity contribution < 1.29 is 19.1 Å². The van der Waals surface area contributed by atoms with Crippen LogP contribution in [0.5, 0.6) is 11.5 Å². The van der Waals surface area contributed by atoms with E-state index in [9.17, 15) is 9.59 Å². The molecule has 2 aromatic rings. The summed E-state index contributed by atoms with van der Waals surface area (Å²) >= 11 is 0. The van der Waals surface area contributed by atoms with Crippen LogP contribution in [0.25, 0.3) is 0 Å². The number of rotatable bonds is 5. The maximum atomic E-state index is 12.3. The van der Waals surface area contributed by atoms with Crippen LogP contribution in [0.2, 0.25) is 0 Å². The van der Waals surface area contributed by atoms with Crippen molar-refractivity contribution in [2.75, 3.05) is 19.0 Å². The molecule has 1 aliphatic rings. The van der Waals surface area contributed by atoms with Gasteiger partial charge in [0.05, 0.1) is 18.8 Å². The Balaban J connectivity index is 2.02. The fourth-order valence-electron chi connectivity index (χ4n) is 3.20. The van der Waals surface area contributed by atoms with Crippen LogP contribution >= 0.6 is 0 Å². The maximum Gasteiger partial charge on any atom is 0.255 e. The van der Waals surface area contributed by atoms with Crippen LogP contribution in [0, 0.1) is 0 Å². The molecule has 0 radical (unpaired) electrons. The Morgan fingerprint density at radius 2 is 2.11 bits per heavy atom. The molecule has 1 aliphatic heterocycles. The second-order valence-electron chi connectivity index (χ2n) is 7.50. The Morgan fingerprint density at radius 1 is 1.37 bits per heavy atom. The molecule has 0 fully saturated rings. The van der Waals surface area contributed by atoms with Crippen molar-refractivity contribution in [2.24, 2.45) is 5.73 Å². The van der Waals surface area contributed by atoms with Crippen LogP contribution in [0.4, 0.5) is 5.82 Å². The number of nitrogens with two attached hydrogens (primary N) is 1. The Labute approximate surface area is 157 Å². The normalized spacial score (nSPS) is 16.4. The number of fused-ring (bicyclic) bond motifs is 1. The van der Waals surface area contributed by atoms with Gasteiger partial charge in [-0.1, -0.05) is 6.07 Å². The number of hydrogen-bond acceptors (Lipinski definition) is 5. The highest BCUT2D eigenvalue weighted by Gasteiger charge is 2.33. The van der Waals surface area contributed by atoms with Crippen molar-refractivity contribution >= 4 is 17.6 Å². The van der Waals surface area contributed by atoms with Crippen LogP contribution in [0.3, 0.4) is 0 Å². The van der Waals surface area contributed by atoms with E-state index < -0.39 is 5.91 Å². The van der Waals surface area contributed by atoms with Crippen LogP contribution in [0.15, 0.2) is 24.4 Å². The van der Waals surface area contributed by atoms with Crippen molar-refractivity contribution in [2.45, 2.75) is 38.6 Å². The third-order valence-electron chi connectivity index (χ3n) is 4.42. The topological polar surface area (TPSA) is 108 Å². The molecule has 1 unspecified atom stereocenters. The number of nitrogens with one attached hydrogen (secondary N) is 1. The maximum absolute atomic E-state index is 12.3. The van der Waals surface area contributed by atoms with Gasteiger partial charge in [-0.05, 0) is 38.5 Å². The summed E-state index contributed by atoms with van der Waals surface area (Å²) < 4.78 is 12.6. The first-order valence-corrected chi connectivity index (χ1v) is 8.68. The Bertz CT molecular complexity index is 882. The molecule has 2 amide bonds. The number of carbonyl (C=O) groups is 2. The zero-order valence-corrected chi connectivity index (χ0v) is 15.9. The van der Waals surface area contributed by atoms with Gasteiger partial charge < -0.3 is 20.5 Å². The first-order valence-electron chi connectivity index (χ1n) is 8.68. The van der Waals surface area contributed by atoms with Gasteiger partial charge in [0, 0.05) is 17.9 Å². The second kappa shape index (κ2) is 6.94. The van der Waals surface area contributed by atoms with Gasteiger partial charge in [-0.25, -0.2) is 4.68 Å². The summed E-state index contributed by atoms with van der Waals surface area (Å²) in [6.45, 7) is 5.83. The number of ether oxygens (including phenoxy) is 2. The number of anilines is 1. The summed E-state index contributed by atoms with van der Waals surface area (Å²) in [5.74, 6) is 0.781. The molecule has 1 aromatic carbocycles. The molecule has 0 bridgehead atoms. The number of benzene rings is 1. The van der Waals surface area contributed by atoms with Crippen molar-refractivity contribution in [3.05, 3.63) is 35.5 Å². The van der Waals surface area contributed by atoms with Gasteiger partial charge in [0.25, 0.3) is 5.91 Å². The van der Waals surface area contributed by atoms with E-state index >= 15 is 0 Å². The summed E-state index contributed by atoms with van der Waals surface area (Å²) in [7, 11) is 1.52. The molecule has 0 saturated carbocycles.